The highest BCUT2D eigenvalue weighted by Crippen LogP contribution is 2.22. The van der Waals surface area contributed by atoms with Crippen molar-refractivity contribution in [1.82, 2.24) is 10.3 Å². The Bertz CT molecular complexity index is 664. The van der Waals surface area contributed by atoms with Gasteiger partial charge in [-0.05, 0) is 26.0 Å². The van der Waals surface area contributed by atoms with E-state index in [2.05, 4.69) is 10.3 Å². The van der Waals surface area contributed by atoms with Gasteiger partial charge in [-0.3, -0.25) is 9.78 Å². The van der Waals surface area contributed by atoms with Crippen molar-refractivity contribution in [2.45, 2.75) is 25.7 Å². The lowest BCUT2D eigenvalue weighted by Crippen LogP contribution is -2.34. The van der Waals surface area contributed by atoms with Crippen molar-refractivity contribution in [3.05, 3.63) is 42.1 Å². The molecule has 2 heterocycles. The summed E-state index contributed by atoms with van der Waals surface area (Å²) < 4.78 is 11.2. The highest BCUT2D eigenvalue weighted by Gasteiger charge is 2.32. The number of carbonyl (C=O) groups excluding carboxylic acids is 1. The molecule has 1 fully saturated rings. The van der Waals surface area contributed by atoms with Crippen molar-refractivity contribution in [3.8, 4) is 0 Å². The summed E-state index contributed by atoms with van der Waals surface area (Å²) in [5.41, 5.74) is 1.44. The molecule has 1 unspecified atom stereocenters. The van der Waals surface area contributed by atoms with Gasteiger partial charge in [0.25, 0.3) is 5.91 Å². The molecule has 5 heteroatoms. The van der Waals surface area contributed by atoms with E-state index in [9.17, 15) is 4.79 Å². The van der Waals surface area contributed by atoms with Gasteiger partial charge in [-0.15, -0.1) is 0 Å². The van der Waals surface area contributed by atoms with Crippen molar-refractivity contribution in [2.24, 2.45) is 0 Å². The number of fused-ring (bicyclic) bond motifs is 1. The minimum absolute atomic E-state index is 0.114. The minimum Gasteiger partial charge on any atom is -0.349 e. The van der Waals surface area contributed by atoms with Crippen LogP contribution in [0.15, 0.2) is 36.5 Å². The van der Waals surface area contributed by atoms with Crippen LogP contribution in [0.3, 0.4) is 0 Å². The normalized spacial score (nSPS) is 20.6. The molecule has 1 aromatic heterocycles. The van der Waals surface area contributed by atoms with Crippen LogP contribution in [0, 0.1) is 0 Å². The van der Waals surface area contributed by atoms with E-state index >= 15 is 0 Å². The molecule has 3 rings (SSSR count). The Hall–Kier alpha value is -1.98. The van der Waals surface area contributed by atoms with E-state index in [-0.39, 0.29) is 12.0 Å². The molecule has 0 spiro atoms. The van der Waals surface area contributed by atoms with Gasteiger partial charge in [0.1, 0.15) is 6.10 Å². The fourth-order valence-corrected chi connectivity index (χ4v) is 2.46. The number of benzene rings is 1. The number of rotatable bonds is 3. The smallest absolute Gasteiger partial charge is 0.252 e. The molecular weight excluding hydrogens is 268 g/mol. The van der Waals surface area contributed by atoms with Crippen molar-refractivity contribution < 1.29 is 14.3 Å². The average Bonchev–Trinajstić information content (AvgIpc) is 2.83. The average molecular weight is 286 g/mol. The molecule has 1 aliphatic heterocycles. The van der Waals surface area contributed by atoms with E-state index in [1.807, 2.05) is 38.1 Å². The van der Waals surface area contributed by atoms with Crippen molar-refractivity contribution in [2.75, 3.05) is 13.2 Å². The van der Waals surface area contributed by atoms with E-state index in [4.69, 9.17) is 9.47 Å². The van der Waals surface area contributed by atoms with Gasteiger partial charge >= 0.3 is 0 Å². The van der Waals surface area contributed by atoms with Gasteiger partial charge in [-0.25, -0.2) is 0 Å². The molecule has 1 aliphatic rings. The molecule has 1 amide bonds. The quantitative estimate of drug-likeness (QED) is 0.939. The zero-order valence-corrected chi connectivity index (χ0v) is 12.1. The molecule has 0 bridgehead atoms. The summed E-state index contributed by atoms with van der Waals surface area (Å²) in [6.45, 7) is 4.65. The molecule has 21 heavy (non-hydrogen) atoms. The van der Waals surface area contributed by atoms with E-state index in [0.717, 1.165) is 10.9 Å². The van der Waals surface area contributed by atoms with Crippen LogP contribution in [0.25, 0.3) is 10.9 Å². The summed E-state index contributed by atoms with van der Waals surface area (Å²) in [7, 11) is 0. The lowest BCUT2D eigenvalue weighted by molar-refractivity contribution is -0.137. The van der Waals surface area contributed by atoms with Crippen LogP contribution >= 0.6 is 0 Å². The summed E-state index contributed by atoms with van der Waals surface area (Å²) in [5, 5.41) is 3.75. The maximum absolute atomic E-state index is 12.3. The van der Waals surface area contributed by atoms with Gasteiger partial charge in [0.15, 0.2) is 5.79 Å². The second-order valence-electron chi connectivity index (χ2n) is 5.54. The number of nitrogens with zero attached hydrogens (tertiary/aromatic N) is 1. The second kappa shape index (κ2) is 5.42. The monoisotopic (exact) mass is 286 g/mol. The number of para-hydroxylation sites is 1. The fourth-order valence-electron chi connectivity index (χ4n) is 2.46. The first-order valence-electron chi connectivity index (χ1n) is 6.99. The predicted octanol–water partition coefficient (Wildman–Crippen LogP) is 2.12. The van der Waals surface area contributed by atoms with Crippen LogP contribution in [0.5, 0.6) is 0 Å². The molecule has 110 valence electrons. The summed E-state index contributed by atoms with van der Waals surface area (Å²) in [6.07, 6.45) is 1.53. The standard InChI is InChI=1S/C16H18N2O3/c1-16(2)20-10-11(21-16)9-18-15(19)13-7-8-17-14-6-4-3-5-12(13)14/h3-8,11H,9-10H2,1-2H3,(H,18,19). The number of aromatic nitrogens is 1. The Morgan fingerprint density at radius 2 is 2.19 bits per heavy atom. The first kappa shape index (κ1) is 14.0. The van der Waals surface area contributed by atoms with Crippen molar-refractivity contribution >= 4 is 16.8 Å². The Morgan fingerprint density at radius 3 is 2.95 bits per heavy atom. The van der Waals surface area contributed by atoms with Gasteiger partial charge in [0.05, 0.1) is 17.7 Å². The van der Waals surface area contributed by atoms with E-state index < -0.39 is 5.79 Å². The number of carbonyl (C=O) groups is 1. The summed E-state index contributed by atoms with van der Waals surface area (Å²) in [4.78, 5) is 16.6. The highest BCUT2D eigenvalue weighted by atomic mass is 16.7. The van der Waals surface area contributed by atoms with Gasteiger partial charge in [0.2, 0.25) is 0 Å². The molecule has 2 aromatic rings. The summed E-state index contributed by atoms with van der Waals surface area (Å²) in [5.74, 6) is -0.694. The van der Waals surface area contributed by atoms with Gasteiger partial charge in [0, 0.05) is 18.1 Å². The number of ether oxygens (including phenoxy) is 2. The SMILES string of the molecule is CC1(C)OCC(CNC(=O)c2ccnc3ccccc23)O1. The first-order valence-corrected chi connectivity index (χ1v) is 6.99. The first-order chi connectivity index (χ1) is 10.1. The van der Waals surface area contributed by atoms with E-state index in [0.29, 0.717) is 18.7 Å². The molecular formula is C16H18N2O3. The maximum atomic E-state index is 12.3. The van der Waals surface area contributed by atoms with Crippen LogP contribution in [0.4, 0.5) is 0 Å². The summed E-state index contributed by atoms with van der Waals surface area (Å²) in [6, 6.07) is 9.33. The van der Waals surface area contributed by atoms with Crippen LogP contribution in [-0.2, 0) is 9.47 Å². The lowest BCUT2D eigenvalue weighted by Gasteiger charge is -2.17. The van der Waals surface area contributed by atoms with Gasteiger partial charge in [-0.1, -0.05) is 18.2 Å². The van der Waals surface area contributed by atoms with Crippen molar-refractivity contribution in [3.63, 3.8) is 0 Å². The molecule has 1 atom stereocenters. The second-order valence-corrected chi connectivity index (χ2v) is 5.54. The molecule has 0 aliphatic carbocycles. The molecule has 1 aromatic carbocycles. The summed E-state index contributed by atoms with van der Waals surface area (Å²) >= 11 is 0. The van der Waals surface area contributed by atoms with Crippen LogP contribution in [0.1, 0.15) is 24.2 Å². The molecule has 0 radical (unpaired) electrons. The van der Waals surface area contributed by atoms with Crippen LogP contribution in [0.2, 0.25) is 0 Å². The molecule has 5 nitrogen and oxygen atoms in total. The third-order valence-corrected chi connectivity index (χ3v) is 3.45. The van der Waals surface area contributed by atoms with Gasteiger partial charge < -0.3 is 14.8 Å². The van der Waals surface area contributed by atoms with Crippen LogP contribution < -0.4 is 5.32 Å². The highest BCUT2D eigenvalue weighted by molar-refractivity contribution is 6.05. The van der Waals surface area contributed by atoms with Crippen molar-refractivity contribution in [1.29, 1.82) is 0 Å². The number of hydrogen-bond acceptors (Lipinski definition) is 4. The van der Waals surface area contributed by atoms with E-state index in [1.165, 1.54) is 0 Å². The third kappa shape index (κ3) is 3.04. The largest absolute Gasteiger partial charge is 0.349 e. The van der Waals surface area contributed by atoms with E-state index in [1.54, 1.807) is 12.3 Å². The number of hydrogen-bond donors (Lipinski definition) is 1. The Kier molecular flexibility index (Phi) is 3.61. The molecule has 1 N–H and O–H groups in total. The number of amides is 1. The van der Waals surface area contributed by atoms with Gasteiger partial charge in [-0.2, -0.15) is 0 Å². The lowest BCUT2D eigenvalue weighted by atomic mass is 10.1. The maximum Gasteiger partial charge on any atom is 0.252 e. The topological polar surface area (TPSA) is 60.5 Å². The fraction of sp³-hybridized carbons (Fsp3) is 0.375. The number of nitrogens with one attached hydrogen (secondary N) is 1. The minimum atomic E-state index is -0.571. The zero-order chi connectivity index (χ0) is 14.9. The Morgan fingerprint density at radius 1 is 1.38 bits per heavy atom. The Labute approximate surface area is 123 Å². The van der Waals surface area contributed by atoms with Crippen LogP contribution in [-0.4, -0.2) is 35.9 Å². The zero-order valence-electron chi connectivity index (χ0n) is 12.1. The predicted molar refractivity (Wildman–Crippen MR) is 79.0 cm³/mol. The molecule has 0 saturated carbocycles. The molecule has 1 saturated heterocycles. The number of pyridine rings is 1. The Balaban J connectivity index is 1.70. The third-order valence-electron chi connectivity index (χ3n) is 3.45.